The molecule has 0 aromatic carbocycles. The van der Waals surface area contributed by atoms with Crippen molar-refractivity contribution in [3.8, 4) is 0 Å². The third-order valence-corrected chi connectivity index (χ3v) is 3.15. The Morgan fingerprint density at radius 2 is 2.42 bits per heavy atom. The number of ether oxygens (including phenoxy) is 1. The molecule has 0 aromatic heterocycles. The maximum Gasteiger partial charge on any atom is 0.120 e. The number of nitrogens with one attached hydrogen (secondary N) is 1. The van der Waals surface area contributed by atoms with Crippen LogP contribution in [0.4, 0.5) is 0 Å². The summed E-state index contributed by atoms with van der Waals surface area (Å²) >= 11 is 0. The SMILES string of the molecule is CN1CCC(C2(C)NCCO2)C1. The minimum absolute atomic E-state index is 0.0369. The predicted octanol–water partition coefficient (Wildman–Crippen LogP) is 0.274. The summed E-state index contributed by atoms with van der Waals surface area (Å²) < 4.78 is 5.73. The Kier molecular flexibility index (Phi) is 2.10. The fourth-order valence-corrected chi connectivity index (χ4v) is 2.26. The van der Waals surface area contributed by atoms with Gasteiger partial charge in [0.05, 0.1) is 6.61 Å². The summed E-state index contributed by atoms with van der Waals surface area (Å²) in [4.78, 5) is 2.37. The van der Waals surface area contributed by atoms with Gasteiger partial charge in [-0.1, -0.05) is 0 Å². The molecule has 0 bridgehead atoms. The van der Waals surface area contributed by atoms with Gasteiger partial charge in [-0.05, 0) is 26.9 Å². The Bertz CT molecular complexity index is 166. The molecule has 2 saturated heterocycles. The van der Waals surface area contributed by atoms with Crippen LogP contribution in [0.3, 0.4) is 0 Å². The third-order valence-electron chi connectivity index (χ3n) is 3.15. The van der Waals surface area contributed by atoms with Crippen molar-refractivity contribution in [3.05, 3.63) is 0 Å². The summed E-state index contributed by atoms with van der Waals surface area (Å²) in [5.74, 6) is 0.671. The molecule has 0 aromatic rings. The second-order valence-corrected chi connectivity index (χ2v) is 4.13. The van der Waals surface area contributed by atoms with Crippen molar-refractivity contribution in [2.75, 3.05) is 33.3 Å². The van der Waals surface area contributed by atoms with Gasteiger partial charge in [0.15, 0.2) is 0 Å². The molecule has 3 heteroatoms. The van der Waals surface area contributed by atoms with E-state index in [-0.39, 0.29) is 5.72 Å². The molecule has 0 radical (unpaired) electrons. The zero-order chi connectivity index (χ0) is 8.60. The average molecular weight is 170 g/mol. The molecule has 2 atom stereocenters. The number of hydrogen-bond donors (Lipinski definition) is 1. The molecule has 2 heterocycles. The van der Waals surface area contributed by atoms with E-state index in [9.17, 15) is 0 Å². The minimum Gasteiger partial charge on any atom is -0.359 e. The minimum atomic E-state index is -0.0369. The molecule has 12 heavy (non-hydrogen) atoms. The molecular formula is C9H18N2O. The lowest BCUT2D eigenvalue weighted by atomic mass is 9.97. The zero-order valence-corrected chi connectivity index (χ0v) is 7.97. The number of nitrogens with zero attached hydrogens (tertiary/aromatic N) is 1. The van der Waals surface area contributed by atoms with Crippen LogP contribution in [-0.4, -0.2) is 43.9 Å². The Labute approximate surface area is 74.1 Å². The van der Waals surface area contributed by atoms with E-state index in [1.165, 1.54) is 19.5 Å². The van der Waals surface area contributed by atoms with E-state index in [0.717, 1.165) is 13.2 Å². The molecule has 2 aliphatic rings. The van der Waals surface area contributed by atoms with E-state index in [4.69, 9.17) is 4.74 Å². The Hall–Kier alpha value is -0.120. The van der Waals surface area contributed by atoms with Crippen LogP contribution in [0.2, 0.25) is 0 Å². The van der Waals surface area contributed by atoms with Crippen LogP contribution in [0.1, 0.15) is 13.3 Å². The first-order valence-electron chi connectivity index (χ1n) is 4.78. The van der Waals surface area contributed by atoms with Gasteiger partial charge < -0.3 is 9.64 Å². The molecule has 0 saturated carbocycles. The first-order chi connectivity index (χ1) is 5.71. The largest absolute Gasteiger partial charge is 0.359 e. The molecule has 2 fully saturated rings. The molecule has 0 spiro atoms. The van der Waals surface area contributed by atoms with Gasteiger partial charge in [0.2, 0.25) is 0 Å². The van der Waals surface area contributed by atoms with Crippen molar-refractivity contribution in [1.82, 2.24) is 10.2 Å². The van der Waals surface area contributed by atoms with E-state index in [2.05, 4.69) is 24.2 Å². The summed E-state index contributed by atoms with van der Waals surface area (Å²) in [6.45, 7) is 6.45. The monoisotopic (exact) mass is 170 g/mol. The fourth-order valence-electron chi connectivity index (χ4n) is 2.26. The smallest absolute Gasteiger partial charge is 0.120 e. The van der Waals surface area contributed by atoms with Crippen molar-refractivity contribution in [1.29, 1.82) is 0 Å². The standard InChI is InChI=1S/C9H18N2O/c1-9(10-4-6-12-9)8-3-5-11(2)7-8/h8,10H,3-7H2,1-2H3. The first-order valence-corrected chi connectivity index (χ1v) is 4.78. The summed E-state index contributed by atoms with van der Waals surface area (Å²) in [6, 6.07) is 0. The number of rotatable bonds is 1. The second-order valence-electron chi connectivity index (χ2n) is 4.13. The lowest BCUT2D eigenvalue weighted by Crippen LogP contribution is -2.46. The van der Waals surface area contributed by atoms with Crippen LogP contribution < -0.4 is 5.32 Å². The summed E-state index contributed by atoms with van der Waals surface area (Å²) in [5, 5.41) is 3.45. The van der Waals surface area contributed by atoms with Gasteiger partial charge in [0.25, 0.3) is 0 Å². The van der Waals surface area contributed by atoms with E-state index in [1.807, 2.05) is 0 Å². The highest BCUT2D eigenvalue weighted by molar-refractivity contribution is 4.90. The van der Waals surface area contributed by atoms with Crippen LogP contribution in [-0.2, 0) is 4.74 Å². The molecule has 0 amide bonds. The molecule has 1 N–H and O–H groups in total. The van der Waals surface area contributed by atoms with Crippen LogP contribution in [0.25, 0.3) is 0 Å². The van der Waals surface area contributed by atoms with E-state index >= 15 is 0 Å². The quantitative estimate of drug-likeness (QED) is 0.611. The Morgan fingerprint density at radius 3 is 2.92 bits per heavy atom. The van der Waals surface area contributed by atoms with Crippen molar-refractivity contribution in [2.24, 2.45) is 5.92 Å². The summed E-state index contributed by atoms with van der Waals surface area (Å²) in [5.41, 5.74) is -0.0369. The van der Waals surface area contributed by atoms with Crippen molar-refractivity contribution < 1.29 is 4.74 Å². The summed E-state index contributed by atoms with van der Waals surface area (Å²) in [7, 11) is 2.18. The Morgan fingerprint density at radius 1 is 1.58 bits per heavy atom. The molecule has 70 valence electrons. The van der Waals surface area contributed by atoms with Gasteiger partial charge in [-0.2, -0.15) is 0 Å². The van der Waals surface area contributed by atoms with Crippen molar-refractivity contribution in [3.63, 3.8) is 0 Å². The van der Waals surface area contributed by atoms with Gasteiger partial charge in [0, 0.05) is 19.0 Å². The lowest BCUT2D eigenvalue weighted by Gasteiger charge is -2.30. The lowest BCUT2D eigenvalue weighted by molar-refractivity contribution is -0.0389. The summed E-state index contributed by atoms with van der Waals surface area (Å²) in [6.07, 6.45) is 1.26. The maximum absolute atomic E-state index is 5.73. The maximum atomic E-state index is 5.73. The zero-order valence-electron chi connectivity index (χ0n) is 7.97. The third kappa shape index (κ3) is 1.37. The highest BCUT2D eigenvalue weighted by Gasteiger charge is 2.40. The highest BCUT2D eigenvalue weighted by Crippen LogP contribution is 2.29. The van der Waals surface area contributed by atoms with Crippen molar-refractivity contribution >= 4 is 0 Å². The van der Waals surface area contributed by atoms with Gasteiger partial charge in [0.1, 0.15) is 5.72 Å². The van der Waals surface area contributed by atoms with Crippen LogP contribution in [0.15, 0.2) is 0 Å². The van der Waals surface area contributed by atoms with E-state index in [0.29, 0.717) is 5.92 Å². The molecule has 2 aliphatic heterocycles. The number of hydrogen-bond acceptors (Lipinski definition) is 3. The molecule has 2 unspecified atom stereocenters. The van der Waals surface area contributed by atoms with Crippen molar-refractivity contribution in [2.45, 2.75) is 19.1 Å². The van der Waals surface area contributed by atoms with Gasteiger partial charge in [-0.25, -0.2) is 0 Å². The van der Waals surface area contributed by atoms with E-state index in [1.54, 1.807) is 0 Å². The predicted molar refractivity (Wildman–Crippen MR) is 48.0 cm³/mol. The normalized spacial score (nSPS) is 44.0. The van der Waals surface area contributed by atoms with Gasteiger partial charge >= 0.3 is 0 Å². The molecular weight excluding hydrogens is 152 g/mol. The van der Waals surface area contributed by atoms with Crippen LogP contribution in [0.5, 0.6) is 0 Å². The average Bonchev–Trinajstić information content (AvgIpc) is 2.59. The van der Waals surface area contributed by atoms with Crippen LogP contribution in [0, 0.1) is 5.92 Å². The number of likely N-dealkylation sites (tertiary alicyclic amines) is 1. The van der Waals surface area contributed by atoms with Gasteiger partial charge in [-0.3, -0.25) is 5.32 Å². The molecule has 2 rings (SSSR count). The fraction of sp³-hybridized carbons (Fsp3) is 1.00. The molecule has 3 nitrogen and oxygen atoms in total. The van der Waals surface area contributed by atoms with Gasteiger partial charge in [-0.15, -0.1) is 0 Å². The Balaban J connectivity index is 1.99. The first kappa shape index (κ1) is 8.48. The van der Waals surface area contributed by atoms with E-state index < -0.39 is 0 Å². The highest BCUT2D eigenvalue weighted by atomic mass is 16.5. The second kappa shape index (κ2) is 2.98. The topological polar surface area (TPSA) is 24.5 Å². The molecule has 0 aliphatic carbocycles. The van der Waals surface area contributed by atoms with Crippen LogP contribution >= 0.6 is 0 Å².